The molecule has 7 heteroatoms. The summed E-state index contributed by atoms with van der Waals surface area (Å²) in [7, 11) is 0. The van der Waals surface area contributed by atoms with Crippen molar-refractivity contribution in [3.05, 3.63) is 35.9 Å². The van der Waals surface area contributed by atoms with Crippen molar-refractivity contribution in [1.82, 2.24) is 15.1 Å². The Balaban J connectivity index is 0.00000300. The van der Waals surface area contributed by atoms with Crippen molar-refractivity contribution in [3.63, 3.8) is 0 Å². The van der Waals surface area contributed by atoms with Crippen molar-refractivity contribution in [2.75, 3.05) is 65.6 Å². The first-order valence-corrected chi connectivity index (χ1v) is 10.8. The van der Waals surface area contributed by atoms with E-state index in [4.69, 9.17) is 14.5 Å². The fraction of sp³-hybridized carbons (Fsp3) is 0.682. The van der Waals surface area contributed by atoms with Crippen LogP contribution in [0.15, 0.2) is 35.3 Å². The summed E-state index contributed by atoms with van der Waals surface area (Å²) in [5.41, 5.74) is 1.24. The summed E-state index contributed by atoms with van der Waals surface area (Å²) in [4.78, 5) is 9.75. The van der Waals surface area contributed by atoms with Crippen LogP contribution < -0.4 is 5.32 Å². The van der Waals surface area contributed by atoms with Gasteiger partial charge in [0.1, 0.15) is 0 Å². The maximum absolute atomic E-state index is 5.95. The minimum Gasteiger partial charge on any atom is -0.379 e. The second-order valence-electron chi connectivity index (χ2n) is 7.64. The smallest absolute Gasteiger partial charge is 0.193 e. The maximum atomic E-state index is 5.95. The van der Waals surface area contributed by atoms with Crippen molar-refractivity contribution in [2.45, 2.75) is 26.4 Å². The van der Waals surface area contributed by atoms with Gasteiger partial charge in [0.15, 0.2) is 5.96 Å². The number of rotatable bonds is 9. The van der Waals surface area contributed by atoms with Gasteiger partial charge >= 0.3 is 0 Å². The fourth-order valence-electron chi connectivity index (χ4n) is 3.81. The molecule has 0 radical (unpaired) electrons. The summed E-state index contributed by atoms with van der Waals surface area (Å²) in [6.07, 6.45) is 2.28. The number of guanidine groups is 1. The van der Waals surface area contributed by atoms with E-state index in [0.29, 0.717) is 12.5 Å². The highest BCUT2D eigenvalue weighted by atomic mass is 127. The molecular formula is C22H37IN4O2. The van der Waals surface area contributed by atoms with Crippen LogP contribution in [0.1, 0.15) is 25.3 Å². The van der Waals surface area contributed by atoms with E-state index in [9.17, 15) is 0 Å². The number of likely N-dealkylation sites (tertiary alicyclic amines) is 1. The van der Waals surface area contributed by atoms with Crippen molar-refractivity contribution in [2.24, 2.45) is 10.9 Å². The predicted octanol–water partition coefficient (Wildman–Crippen LogP) is 2.83. The summed E-state index contributed by atoms with van der Waals surface area (Å²) in [5, 5.41) is 3.47. The van der Waals surface area contributed by atoms with Gasteiger partial charge in [0, 0.05) is 51.7 Å². The number of halogens is 1. The lowest BCUT2D eigenvalue weighted by Gasteiger charge is -2.26. The zero-order valence-corrected chi connectivity index (χ0v) is 20.1. The quantitative estimate of drug-likeness (QED) is 0.237. The Morgan fingerprint density at radius 3 is 2.76 bits per heavy atom. The first kappa shape index (κ1) is 24.4. The lowest BCUT2D eigenvalue weighted by Crippen LogP contribution is -2.40. The van der Waals surface area contributed by atoms with Gasteiger partial charge < -0.3 is 19.7 Å². The molecule has 2 fully saturated rings. The second-order valence-corrected chi connectivity index (χ2v) is 7.64. The van der Waals surface area contributed by atoms with Gasteiger partial charge in [-0.05, 0) is 25.3 Å². The number of hydrogen-bond acceptors (Lipinski definition) is 4. The van der Waals surface area contributed by atoms with Crippen LogP contribution in [0.4, 0.5) is 0 Å². The van der Waals surface area contributed by atoms with Crippen LogP contribution >= 0.6 is 24.0 Å². The molecule has 1 N–H and O–H groups in total. The molecule has 2 aliphatic rings. The molecule has 3 rings (SSSR count). The highest BCUT2D eigenvalue weighted by Gasteiger charge is 2.25. The van der Waals surface area contributed by atoms with E-state index in [2.05, 4.69) is 46.3 Å². The van der Waals surface area contributed by atoms with Crippen LogP contribution in [0.2, 0.25) is 0 Å². The molecule has 0 saturated carbocycles. The maximum Gasteiger partial charge on any atom is 0.193 e. The highest BCUT2D eigenvalue weighted by molar-refractivity contribution is 14.0. The molecule has 2 saturated heterocycles. The van der Waals surface area contributed by atoms with Gasteiger partial charge in [-0.2, -0.15) is 0 Å². The van der Waals surface area contributed by atoms with Crippen LogP contribution in [-0.4, -0.2) is 81.4 Å². The van der Waals surface area contributed by atoms with Crippen molar-refractivity contribution in [3.8, 4) is 0 Å². The second kappa shape index (κ2) is 14.2. The highest BCUT2D eigenvalue weighted by Crippen LogP contribution is 2.17. The van der Waals surface area contributed by atoms with Crippen LogP contribution in [0.5, 0.6) is 0 Å². The largest absolute Gasteiger partial charge is 0.379 e. The molecule has 164 valence electrons. The standard InChI is InChI=1S/C22H36N4O2.HI/c1-2-23-22(24-10-6-11-25-13-15-27-16-14-25)26-12-9-21(17-26)19-28-18-20-7-4-3-5-8-20;/h3-5,7-8,21H,2,6,9-19H2,1H3,(H,23,24);1H. The zero-order valence-electron chi connectivity index (χ0n) is 17.7. The summed E-state index contributed by atoms with van der Waals surface area (Å²) >= 11 is 0. The summed E-state index contributed by atoms with van der Waals surface area (Å²) in [6, 6.07) is 10.4. The first-order valence-electron chi connectivity index (χ1n) is 10.8. The normalized spacial score (nSPS) is 20.5. The third-order valence-electron chi connectivity index (χ3n) is 5.38. The molecule has 1 aromatic carbocycles. The number of ether oxygens (including phenoxy) is 2. The third-order valence-corrected chi connectivity index (χ3v) is 5.38. The van der Waals surface area contributed by atoms with Gasteiger partial charge in [0.2, 0.25) is 0 Å². The number of nitrogens with zero attached hydrogens (tertiary/aromatic N) is 3. The molecule has 0 aromatic heterocycles. The minimum absolute atomic E-state index is 0. The lowest BCUT2D eigenvalue weighted by molar-refractivity contribution is 0.0377. The summed E-state index contributed by atoms with van der Waals surface area (Å²) in [6.45, 7) is 12.5. The molecule has 0 bridgehead atoms. The van der Waals surface area contributed by atoms with E-state index < -0.39 is 0 Å². The number of aliphatic imine (C=N–C) groups is 1. The van der Waals surface area contributed by atoms with E-state index in [-0.39, 0.29) is 24.0 Å². The Hall–Kier alpha value is -0.900. The molecule has 2 aliphatic heterocycles. The molecule has 1 aromatic rings. The van der Waals surface area contributed by atoms with Gasteiger partial charge in [0.05, 0.1) is 26.4 Å². The fourth-order valence-corrected chi connectivity index (χ4v) is 3.81. The molecule has 1 atom stereocenters. The number of hydrogen-bond donors (Lipinski definition) is 1. The third kappa shape index (κ3) is 8.78. The number of morpholine rings is 1. The molecule has 0 aliphatic carbocycles. The number of benzene rings is 1. The predicted molar refractivity (Wildman–Crippen MR) is 129 cm³/mol. The van der Waals surface area contributed by atoms with E-state index in [1.54, 1.807) is 0 Å². The topological polar surface area (TPSA) is 49.3 Å². The summed E-state index contributed by atoms with van der Waals surface area (Å²) < 4.78 is 11.4. The molecule has 2 heterocycles. The van der Waals surface area contributed by atoms with Gasteiger partial charge in [-0.15, -0.1) is 24.0 Å². The Labute approximate surface area is 193 Å². The molecular weight excluding hydrogens is 479 g/mol. The molecule has 0 spiro atoms. The van der Waals surface area contributed by atoms with Crippen molar-refractivity contribution >= 4 is 29.9 Å². The first-order chi connectivity index (χ1) is 13.8. The van der Waals surface area contributed by atoms with E-state index in [0.717, 1.165) is 78.0 Å². The van der Waals surface area contributed by atoms with E-state index in [1.807, 2.05) is 6.07 Å². The monoisotopic (exact) mass is 516 g/mol. The SMILES string of the molecule is CCNC(=NCCCN1CCOCC1)N1CCC(COCc2ccccc2)C1.I. The van der Waals surface area contributed by atoms with E-state index >= 15 is 0 Å². The van der Waals surface area contributed by atoms with Crippen molar-refractivity contribution in [1.29, 1.82) is 0 Å². The molecule has 1 unspecified atom stereocenters. The van der Waals surface area contributed by atoms with Crippen LogP contribution in [0.3, 0.4) is 0 Å². The average Bonchev–Trinajstić information content (AvgIpc) is 3.21. The van der Waals surface area contributed by atoms with Crippen LogP contribution in [-0.2, 0) is 16.1 Å². The Morgan fingerprint density at radius 2 is 2.00 bits per heavy atom. The number of nitrogens with one attached hydrogen (secondary N) is 1. The Morgan fingerprint density at radius 1 is 1.21 bits per heavy atom. The van der Waals surface area contributed by atoms with Crippen LogP contribution in [0, 0.1) is 5.92 Å². The molecule has 0 amide bonds. The summed E-state index contributed by atoms with van der Waals surface area (Å²) in [5.74, 6) is 1.65. The lowest BCUT2D eigenvalue weighted by atomic mass is 10.1. The Kier molecular flexibility index (Phi) is 11.9. The van der Waals surface area contributed by atoms with Crippen molar-refractivity contribution < 1.29 is 9.47 Å². The zero-order chi connectivity index (χ0) is 19.4. The molecule has 6 nitrogen and oxygen atoms in total. The average molecular weight is 516 g/mol. The van der Waals surface area contributed by atoms with Crippen LogP contribution in [0.25, 0.3) is 0 Å². The Bertz CT molecular complexity index is 581. The molecule has 29 heavy (non-hydrogen) atoms. The van der Waals surface area contributed by atoms with Gasteiger partial charge in [0.25, 0.3) is 0 Å². The van der Waals surface area contributed by atoms with E-state index in [1.165, 1.54) is 12.0 Å². The van der Waals surface area contributed by atoms with Gasteiger partial charge in [-0.3, -0.25) is 9.89 Å². The minimum atomic E-state index is 0. The van der Waals surface area contributed by atoms with Gasteiger partial charge in [-0.1, -0.05) is 30.3 Å². The van der Waals surface area contributed by atoms with Gasteiger partial charge in [-0.25, -0.2) is 0 Å².